The lowest BCUT2D eigenvalue weighted by molar-refractivity contribution is 0.0988. The summed E-state index contributed by atoms with van der Waals surface area (Å²) in [6, 6.07) is 8.33. The monoisotopic (exact) mass is 218 g/mol. The summed E-state index contributed by atoms with van der Waals surface area (Å²) in [7, 11) is 0. The van der Waals surface area contributed by atoms with E-state index in [1.54, 1.807) is 0 Å². The highest BCUT2D eigenvalue weighted by atomic mass is 16.3. The SMILES string of the molecule is Cc1ccc(C(O)C2CCCCCC2)cc1. The third kappa shape index (κ3) is 2.85. The van der Waals surface area contributed by atoms with Crippen molar-refractivity contribution in [3.8, 4) is 0 Å². The summed E-state index contributed by atoms with van der Waals surface area (Å²) >= 11 is 0. The first-order chi connectivity index (χ1) is 7.77. The molecule has 0 saturated heterocycles. The molecule has 1 fully saturated rings. The first kappa shape index (κ1) is 11.7. The number of rotatable bonds is 2. The number of benzene rings is 1. The zero-order chi connectivity index (χ0) is 11.4. The van der Waals surface area contributed by atoms with Crippen LogP contribution in [0.2, 0.25) is 0 Å². The summed E-state index contributed by atoms with van der Waals surface area (Å²) < 4.78 is 0. The summed E-state index contributed by atoms with van der Waals surface area (Å²) in [5, 5.41) is 10.4. The van der Waals surface area contributed by atoms with Gasteiger partial charge in [-0.3, -0.25) is 0 Å². The molecule has 1 unspecified atom stereocenters. The molecule has 1 aromatic rings. The van der Waals surface area contributed by atoms with Gasteiger partial charge >= 0.3 is 0 Å². The fourth-order valence-electron chi connectivity index (χ4n) is 2.66. The molecule has 1 aliphatic carbocycles. The lowest BCUT2D eigenvalue weighted by Crippen LogP contribution is -2.11. The van der Waals surface area contributed by atoms with E-state index in [9.17, 15) is 5.11 Å². The summed E-state index contributed by atoms with van der Waals surface area (Å²) in [5.41, 5.74) is 2.36. The quantitative estimate of drug-likeness (QED) is 0.744. The van der Waals surface area contributed by atoms with E-state index in [0.717, 1.165) is 5.56 Å². The normalized spacial score (nSPS) is 20.4. The Balaban J connectivity index is 2.04. The van der Waals surface area contributed by atoms with Crippen molar-refractivity contribution in [3.05, 3.63) is 35.4 Å². The van der Waals surface area contributed by atoms with Crippen molar-refractivity contribution in [2.75, 3.05) is 0 Å². The van der Waals surface area contributed by atoms with Crippen LogP contribution in [0.3, 0.4) is 0 Å². The van der Waals surface area contributed by atoms with E-state index < -0.39 is 0 Å². The molecule has 1 atom stereocenters. The van der Waals surface area contributed by atoms with Gasteiger partial charge in [0.15, 0.2) is 0 Å². The maximum atomic E-state index is 10.4. The molecule has 2 rings (SSSR count). The molecule has 1 N–H and O–H groups in total. The Bertz CT molecular complexity index is 307. The number of hydrogen-bond donors (Lipinski definition) is 1. The molecule has 1 heteroatoms. The number of aliphatic hydroxyl groups is 1. The molecule has 0 amide bonds. The predicted octanol–water partition coefficient (Wildman–Crippen LogP) is 4.00. The van der Waals surface area contributed by atoms with Crippen molar-refractivity contribution >= 4 is 0 Å². The lowest BCUT2D eigenvalue weighted by atomic mass is 9.89. The van der Waals surface area contributed by atoms with Crippen LogP contribution in [0.25, 0.3) is 0 Å². The van der Waals surface area contributed by atoms with Crippen molar-refractivity contribution in [1.82, 2.24) is 0 Å². The van der Waals surface area contributed by atoms with Crippen LogP contribution in [-0.4, -0.2) is 5.11 Å². The van der Waals surface area contributed by atoms with Crippen LogP contribution in [-0.2, 0) is 0 Å². The second kappa shape index (κ2) is 5.49. The molecule has 0 spiro atoms. The van der Waals surface area contributed by atoms with Crippen LogP contribution < -0.4 is 0 Å². The van der Waals surface area contributed by atoms with Gasteiger partial charge in [0.25, 0.3) is 0 Å². The Hall–Kier alpha value is -0.820. The Kier molecular flexibility index (Phi) is 4.00. The van der Waals surface area contributed by atoms with Gasteiger partial charge in [-0.1, -0.05) is 55.5 Å². The van der Waals surface area contributed by atoms with Crippen LogP contribution in [0.1, 0.15) is 55.8 Å². The molecule has 1 aromatic carbocycles. The molecule has 0 heterocycles. The van der Waals surface area contributed by atoms with Crippen molar-refractivity contribution in [2.45, 2.75) is 51.6 Å². The number of hydrogen-bond acceptors (Lipinski definition) is 1. The average Bonchev–Trinajstić information content (AvgIpc) is 2.57. The smallest absolute Gasteiger partial charge is 0.0818 e. The molecule has 0 bridgehead atoms. The predicted molar refractivity (Wildman–Crippen MR) is 67.3 cm³/mol. The minimum atomic E-state index is -0.251. The molecule has 1 saturated carbocycles. The van der Waals surface area contributed by atoms with Crippen LogP contribution in [0, 0.1) is 12.8 Å². The standard InChI is InChI=1S/C15H22O/c1-12-8-10-14(11-9-12)15(16)13-6-4-2-3-5-7-13/h8-11,13,15-16H,2-7H2,1H3. The zero-order valence-corrected chi connectivity index (χ0v) is 10.2. The van der Waals surface area contributed by atoms with Crippen LogP contribution in [0.4, 0.5) is 0 Å². The van der Waals surface area contributed by atoms with E-state index in [0.29, 0.717) is 5.92 Å². The zero-order valence-electron chi connectivity index (χ0n) is 10.2. The molecule has 88 valence electrons. The van der Waals surface area contributed by atoms with Gasteiger partial charge in [-0.15, -0.1) is 0 Å². The highest BCUT2D eigenvalue weighted by molar-refractivity contribution is 5.23. The second-order valence-electron chi connectivity index (χ2n) is 5.11. The van der Waals surface area contributed by atoms with Gasteiger partial charge in [-0.2, -0.15) is 0 Å². The molecular formula is C15H22O. The first-order valence-corrected chi connectivity index (χ1v) is 6.52. The van der Waals surface area contributed by atoms with E-state index in [4.69, 9.17) is 0 Å². The molecule has 1 aliphatic rings. The van der Waals surface area contributed by atoms with Crippen LogP contribution >= 0.6 is 0 Å². The van der Waals surface area contributed by atoms with Crippen molar-refractivity contribution in [2.24, 2.45) is 5.92 Å². The van der Waals surface area contributed by atoms with Gasteiger partial charge in [0.05, 0.1) is 6.10 Å². The Labute approximate surface area is 98.5 Å². The topological polar surface area (TPSA) is 20.2 Å². The minimum Gasteiger partial charge on any atom is -0.388 e. The summed E-state index contributed by atoms with van der Waals surface area (Å²) in [6.07, 6.45) is 7.39. The first-order valence-electron chi connectivity index (χ1n) is 6.52. The largest absolute Gasteiger partial charge is 0.388 e. The third-order valence-electron chi connectivity index (χ3n) is 3.77. The maximum Gasteiger partial charge on any atom is 0.0818 e. The van der Waals surface area contributed by atoms with Crippen molar-refractivity contribution < 1.29 is 5.11 Å². The van der Waals surface area contributed by atoms with Gasteiger partial charge in [-0.25, -0.2) is 0 Å². The summed E-state index contributed by atoms with van der Waals surface area (Å²) in [6.45, 7) is 2.09. The van der Waals surface area contributed by atoms with Gasteiger partial charge in [0.1, 0.15) is 0 Å². The summed E-state index contributed by atoms with van der Waals surface area (Å²) in [5.74, 6) is 0.477. The van der Waals surface area contributed by atoms with Gasteiger partial charge in [-0.05, 0) is 31.2 Å². The minimum absolute atomic E-state index is 0.251. The fraction of sp³-hybridized carbons (Fsp3) is 0.600. The van der Waals surface area contributed by atoms with Crippen LogP contribution in [0.15, 0.2) is 24.3 Å². The summed E-state index contributed by atoms with van der Waals surface area (Å²) in [4.78, 5) is 0. The molecule has 0 aromatic heterocycles. The number of aryl methyl sites for hydroxylation is 1. The molecule has 16 heavy (non-hydrogen) atoms. The van der Waals surface area contributed by atoms with E-state index in [1.807, 2.05) is 0 Å². The highest BCUT2D eigenvalue weighted by Crippen LogP contribution is 2.33. The molecule has 0 aliphatic heterocycles. The second-order valence-corrected chi connectivity index (χ2v) is 5.11. The Morgan fingerprint density at radius 3 is 2.12 bits per heavy atom. The van der Waals surface area contributed by atoms with E-state index in [2.05, 4.69) is 31.2 Å². The van der Waals surface area contributed by atoms with E-state index in [-0.39, 0.29) is 6.10 Å². The van der Waals surface area contributed by atoms with Crippen molar-refractivity contribution in [3.63, 3.8) is 0 Å². The van der Waals surface area contributed by atoms with Crippen LogP contribution in [0.5, 0.6) is 0 Å². The van der Waals surface area contributed by atoms with Crippen molar-refractivity contribution in [1.29, 1.82) is 0 Å². The Morgan fingerprint density at radius 2 is 1.56 bits per heavy atom. The third-order valence-corrected chi connectivity index (χ3v) is 3.77. The van der Waals surface area contributed by atoms with Gasteiger partial charge < -0.3 is 5.11 Å². The average molecular weight is 218 g/mol. The molecule has 0 radical (unpaired) electrons. The lowest BCUT2D eigenvalue weighted by Gasteiger charge is -2.21. The molecule has 1 nitrogen and oxygen atoms in total. The molecular weight excluding hydrogens is 196 g/mol. The Morgan fingerprint density at radius 1 is 1.00 bits per heavy atom. The van der Waals surface area contributed by atoms with E-state index >= 15 is 0 Å². The van der Waals surface area contributed by atoms with Gasteiger partial charge in [0, 0.05) is 0 Å². The fourth-order valence-corrected chi connectivity index (χ4v) is 2.66. The van der Waals surface area contributed by atoms with E-state index in [1.165, 1.54) is 44.1 Å². The number of aliphatic hydroxyl groups excluding tert-OH is 1. The highest BCUT2D eigenvalue weighted by Gasteiger charge is 2.21. The maximum absolute atomic E-state index is 10.4. The van der Waals surface area contributed by atoms with Gasteiger partial charge in [0.2, 0.25) is 0 Å².